The van der Waals surface area contributed by atoms with Crippen molar-refractivity contribution in [3.8, 4) is 11.5 Å². The topological polar surface area (TPSA) is 84.9 Å². The van der Waals surface area contributed by atoms with Gasteiger partial charge >= 0.3 is 0 Å². The van der Waals surface area contributed by atoms with E-state index < -0.39 is 27.6 Å². The van der Waals surface area contributed by atoms with E-state index in [9.17, 15) is 22.0 Å². The molecule has 0 unspecified atom stereocenters. The van der Waals surface area contributed by atoms with Crippen LogP contribution in [0.2, 0.25) is 0 Å². The number of carbonyl (C=O) groups excluding carboxylic acids is 1. The highest BCUT2D eigenvalue weighted by molar-refractivity contribution is 7.89. The fourth-order valence-corrected chi connectivity index (χ4v) is 4.67. The molecule has 172 valence electrons. The minimum atomic E-state index is -3.85. The molecule has 3 aromatic carbocycles. The van der Waals surface area contributed by atoms with Crippen LogP contribution in [0.25, 0.3) is 0 Å². The first-order valence-electron chi connectivity index (χ1n) is 10.1. The van der Waals surface area contributed by atoms with Gasteiger partial charge in [-0.2, -0.15) is 4.31 Å². The lowest BCUT2D eigenvalue weighted by atomic mass is 10.2. The predicted octanol–water partition coefficient (Wildman–Crippen LogP) is 4.03. The van der Waals surface area contributed by atoms with Crippen molar-refractivity contribution in [2.24, 2.45) is 0 Å². The molecule has 0 aliphatic carbocycles. The van der Waals surface area contributed by atoms with Gasteiger partial charge < -0.3 is 14.8 Å². The Labute approximate surface area is 189 Å². The average Bonchev–Trinajstić information content (AvgIpc) is 2.83. The molecule has 0 bridgehead atoms. The van der Waals surface area contributed by atoms with Crippen molar-refractivity contribution in [1.29, 1.82) is 0 Å². The molecule has 0 aromatic heterocycles. The number of rotatable bonds is 6. The van der Waals surface area contributed by atoms with Crippen molar-refractivity contribution in [2.75, 3.05) is 31.6 Å². The maximum absolute atomic E-state index is 13.6. The summed E-state index contributed by atoms with van der Waals surface area (Å²) in [4.78, 5) is 12.7. The van der Waals surface area contributed by atoms with Crippen LogP contribution < -0.4 is 10.1 Å². The third-order valence-electron chi connectivity index (χ3n) is 4.96. The fourth-order valence-electron chi connectivity index (χ4n) is 3.24. The van der Waals surface area contributed by atoms with Gasteiger partial charge in [0.2, 0.25) is 10.0 Å². The van der Waals surface area contributed by atoms with E-state index in [1.807, 2.05) is 0 Å². The van der Waals surface area contributed by atoms with E-state index in [1.54, 1.807) is 30.3 Å². The van der Waals surface area contributed by atoms with E-state index in [4.69, 9.17) is 9.47 Å². The summed E-state index contributed by atoms with van der Waals surface area (Å²) in [5.41, 5.74) is -0.0797. The van der Waals surface area contributed by atoms with Gasteiger partial charge in [0.25, 0.3) is 5.91 Å². The molecule has 10 heteroatoms. The quantitative estimate of drug-likeness (QED) is 0.583. The van der Waals surface area contributed by atoms with Gasteiger partial charge in [-0.15, -0.1) is 0 Å². The number of ether oxygens (including phenoxy) is 2. The van der Waals surface area contributed by atoms with Crippen LogP contribution in [0.1, 0.15) is 10.4 Å². The van der Waals surface area contributed by atoms with E-state index in [0.29, 0.717) is 5.75 Å². The second-order valence-electron chi connectivity index (χ2n) is 7.17. The lowest BCUT2D eigenvalue weighted by molar-refractivity contribution is 0.0730. The molecule has 1 fully saturated rings. The van der Waals surface area contributed by atoms with E-state index in [-0.39, 0.29) is 48.2 Å². The molecular weight excluding hydrogens is 454 g/mol. The van der Waals surface area contributed by atoms with E-state index >= 15 is 0 Å². The third-order valence-corrected chi connectivity index (χ3v) is 6.85. The molecule has 0 radical (unpaired) electrons. The van der Waals surface area contributed by atoms with Crippen LogP contribution in [0.4, 0.5) is 14.5 Å². The minimum absolute atomic E-state index is 0.0506. The number of amides is 1. The van der Waals surface area contributed by atoms with Gasteiger partial charge in [-0.25, -0.2) is 17.2 Å². The van der Waals surface area contributed by atoms with Crippen molar-refractivity contribution in [3.05, 3.63) is 83.9 Å². The molecule has 3 aromatic rings. The highest BCUT2D eigenvalue weighted by Gasteiger charge is 2.27. The number of halogens is 2. The zero-order chi connectivity index (χ0) is 23.4. The summed E-state index contributed by atoms with van der Waals surface area (Å²) in [5.74, 6) is -2.37. The second-order valence-corrected chi connectivity index (χ2v) is 9.11. The summed E-state index contributed by atoms with van der Waals surface area (Å²) >= 11 is 0. The zero-order valence-electron chi connectivity index (χ0n) is 17.3. The molecule has 1 saturated heterocycles. The van der Waals surface area contributed by atoms with Crippen LogP contribution in [0.15, 0.2) is 71.6 Å². The molecule has 0 spiro atoms. The van der Waals surface area contributed by atoms with Crippen molar-refractivity contribution >= 4 is 21.6 Å². The van der Waals surface area contributed by atoms with Gasteiger partial charge in [-0.3, -0.25) is 4.79 Å². The Balaban J connectivity index is 1.69. The number of carbonyl (C=O) groups is 1. The molecule has 1 amide bonds. The highest BCUT2D eigenvalue weighted by atomic mass is 32.2. The molecule has 1 N–H and O–H groups in total. The van der Waals surface area contributed by atoms with Gasteiger partial charge in [0.1, 0.15) is 5.75 Å². The van der Waals surface area contributed by atoms with Crippen molar-refractivity contribution < 1.29 is 31.5 Å². The van der Waals surface area contributed by atoms with Gasteiger partial charge in [0.05, 0.1) is 23.8 Å². The standard InChI is InChI=1S/C23H20F2N2O5S/c24-19-8-6-16(14-20(19)25)23(28)26-21-15-18(33(29,30)27-10-12-31-13-11-27)7-9-22(21)32-17-4-2-1-3-5-17/h1-9,14-15H,10-13H2,(H,26,28). The Morgan fingerprint density at radius 3 is 2.36 bits per heavy atom. The Hall–Kier alpha value is -3.34. The maximum Gasteiger partial charge on any atom is 0.255 e. The first-order valence-corrected chi connectivity index (χ1v) is 11.5. The SMILES string of the molecule is O=C(Nc1cc(S(=O)(=O)N2CCOCC2)ccc1Oc1ccccc1)c1ccc(F)c(F)c1. The number of benzene rings is 3. The number of sulfonamides is 1. The van der Waals surface area contributed by atoms with Crippen LogP contribution in [0, 0.1) is 11.6 Å². The average molecular weight is 474 g/mol. The number of para-hydroxylation sites is 1. The number of anilines is 1. The van der Waals surface area contributed by atoms with Crippen LogP contribution in [-0.2, 0) is 14.8 Å². The number of hydrogen-bond donors (Lipinski definition) is 1. The molecular formula is C23H20F2N2O5S. The van der Waals surface area contributed by atoms with E-state index in [1.165, 1.54) is 22.5 Å². The molecule has 1 aliphatic rings. The highest BCUT2D eigenvalue weighted by Crippen LogP contribution is 2.33. The van der Waals surface area contributed by atoms with Gasteiger partial charge in [-0.1, -0.05) is 18.2 Å². The molecule has 33 heavy (non-hydrogen) atoms. The molecule has 4 rings (SSSR count). The summed E-state index contributed by atoms with van der Waals surface area (Å²) in [7, 11) is -3.85. The van der Waals surface area contributed by atoms with Crippen LogP contribution in [-0.4, -0.2) is 44.9 Å². The first-order chi connectivity index (χ1) is 15.8. The minimum Gasteiger partial charge on any atom is -0.455 e. The summed E-state index contributed by atoms with van der Waals surface area (Å²) in [5, 5.41) is 2.55. The van der Waals surface area contributed by atoms with Gasteiger partial charge in [0.15, 0.2) is 17.4 Å². The molecule has 0 atom stereocenters. The first kappa shape index (κ1) is 22.8. The lowest BCUT2D eigenvalue weighted by Crippen LogP contribution is -2.40. The number of nitrogens with one attached hydrogen (secondary N) is 1. The second kappa shape index (κ2) is 9.65. The smallest absolute Gasteiger partial charge is 0.255 e. The third kappa shape index (κ3) is 5.19. The Bertz CT molecular complexity index is 1260. The van der Waals surface area contributed by atoms with E-state index in [2.05, 4.69) is 5.32 Å². The Morgan fingerprint density at radius 1 is 0.939 bits per heavy atom. The van der Waals surface area contributed by atoms with Gasteiger partial charge in [-0.05, 0) is 48.5 Å². The Morgan fingerprint density at radius 2 is 1.67 bits per heavy atom. The summed E-state index contributed by atoms with van der Waals surface area (Å²) in [6, 6.07) is 15.5. The summed E-state index contributed by atoms with van der Waals surface area (Å²) < 4.78 is 65.3. The van der Waals surface area contributed by atoms with Crippen molar-refractivity contribution in [3.63, 3.8) is 0 Å². The van der Waals surface area contributed by atoms with Crippen LogP contribution in [0.5, 0.6) is 11.5 Å². The fraction of sp³-hybridized carbons (Fsp3) is 0.174. The maximum atomic E-state index is 13.6. The zero-order valence-corrected chi connectivity index (χ0v) is 18.1. The van der Waals surface area contributed by atoms with Crippen LogP contribution in [0.3, 0.4) is 0 Å². The molecule has 7 nitrogen and oxygen atoms in total. The normalized spacial score (nSPS) is 14.6. The summed E-state index contributed by atoms with van der Waals surface area (Å²) in [6.07, 6.45) is 0. The molecule has 1 aliphatic heterocycles. The number of hydrogen-bond acceptors (Lipinski definition) is 5. The van der Waals surface area contributed by atoms with Crippen molar-refractivity contribution in [1.82, 2.24) is 4.31 Å². The van der Waals surface area contributed by atoms with E-state index in [0.717, 1.165) is 18.2 Å². The number of nitrogens with zero attached hydrogens (tertiary/aromatic N) is 1. The molecule has 1 heterocycles. The summed E-state index contributed by atoms with van der Waals surface area (Å²) in [6.45, 7) is 0.991. The lowest BCUT2D eigenvalue weighted by Gasteiger charge is -2.26. The molecule has 0 saturated carbocycles. The Kier molecular flexibility index (Phi) is 6.68. The van der Waals surface area contributed by atoms with Crippen LogP contribution >= 0.6 is 0 Å². The van der Waals surface area contributed by atoms with Gasteiger partial charge in [0, 0.05) is 18.7 Å². The van der Waals surface area contributed by atoms with Crippen molar-refractivity contribution in [2.45, 2.75) is 4.90 Å². The largest absolute Gasteiger partial charge is 0.455 e. The number of morpholine rings is 1. The monoisotopic (exact) mass is 474 g/mol. The predicted molar refractivity (Wildman–Crippen MR) is 117 cm³/mol.